The van der Waals surface area contributed by atoms with Gasteiger partial charge in [-0.05, 0) is 39.8 Å². The zero-order chi connectivity index (χ0) is 26.5. The van der Waals surface area contributed by atoms with Gasteiger partial charge in [-0.3, -0.25) is 18.9 Å². The van der Waals surface area contributed by atoms with E-state index in [1.165, 1.54) is 26.5 Å². The summed E-state index contributed by atoms with van der Waals surface area (Å²) in [5.41, 5.74) is 1.05. The molecule has 0 aliphatic carbocycles. The zero-order valence-electron chi connectivity index (χ0n) is 20.5. The first kappa shape index (κ1) is 25.2. The van der Waals surface area contributed by atoms with Gasteiger partial charge in [0, 0.05) is 5.56 Å². The van der Waals surface area contributed by atoms with Gasteiger partial charge in [0.15, 0.2) is 35.1 Å². The lowest BCUT2D eigenvalue weighted by Gasteiger charge is -2.24. The second-order valence-corrected chi connectivity index (χ2v) is 11.7. The highest BCUT2D eigenvalue weighted by Gasteiger charge is 2.58. The van der Waals surface area contributed by atoms with E-state index in [0.29, 0.717) is 16.7 Å². The van der Waals surface area contributed by atoms with Crippen LogP contribution >= 0.6 is 0 Å². The maximum Gasteiger partial charge on any atom is 0.265 e. The maximum absolute atomic E-state index is 13.0. The number of benzene rings is 1. The van der Waals surface area contributed by atoms with Crippen molar-refractivity contribution in [3.63, 3.8) is 0 Å². The number of nitrogens with one attached hydrogen (secondary N) is 2. The predicted molar refractivity (Wildman–Crippen MR) is 130 cm³/mol. The van der Waals surface area contributed by atoms with Gasteiger partial charge in [0.2, 0.25) is 10.0 Å². The van der Waals surface area contributed by atoms with Gasteiger partial charge in [-0.15, -0.1) is 0 Å². The molecule has 0 radical (unpaired) electrons. The zero-order valence-corrected chi connectivity index (χ0v) is 21.3. The van der Waals surface area contributed by atoms with E-state index in [4.69, 9.17) is 14.2 Å². The molecule has 2 aromatic heterocycles. The van der Waals surface area contributed by atoms with Gasteiger partial charge in [0.1, 0.15) is 18.5 Å². The molecule has 3 aromatic rings. The van der Waals surface area contributed by atoms with Crippen LogP contribution in [0, 0.1) is 0 Å². The average Bonchev–Trinajstić information content (AvgIpc) is 3.50. The summed E-state index contributed by atoms with van der Waals surface area (Å²) in [4.78, 5) is 38.4. The topological polar surface area (TPSA) is 164 Å². The average molecular weight is 531 g/mol. The van der Waals surface area contributed by atoms with E-state index in [-0.39, 0.29) is 11.7 Å². The highest BCUT2D eigenvalue weighted by molar-refractivity contribution is 7.90. The Morgan fingerprint density at radius 3 is 2.46 bits per heavy atom. The van der Waals surface area contributed by atoms with Crippen LogP contribution in [0.1, 0.15) is 44.3 Å². The Hall–Kier alpha value is -3.46. The highest BCUT2D eigenvalue weighted by atomic mass is 32.2. The largest absolute Gasteiger partial charge is 0.341 e. The van der Waals surface area contributed by atoms with Crippen molar-refractivity contribution >= 4 is 38.8 Å². The normalized spacial score (nSPS) is 24.8. The third kappa shape index (κ3) is 4.68. The number of carbonyl (C=O) groups excluding carboxylic acids is 2. The number of fused-ring (bicyclic) bond motifs is 2. The number of anilines is 1. The van der Waals surface area contributed by atoms with Gasteiger partial charge in [-0.1, -0.05) is 18.2 Å². The Labute approximate surface area is 212 Å². The summed E-state index contributed by atoms with van der Waals surface area (Å²) in [5.74, 6) is -2.09. The minimum Gasteiger partial charge on any atom is -0.341 e. The molecule has 2 aliphatic heterocycles. The minimum atomic E-state index is -3.89. The van der Waals surface area contributed by atoms with E-state index < -0.39 is 51.5 Å². The van der Waals surface area contributed by atoms with Gasteiger partial charge < -0.3 is 19.5 Å². The van der Waals surface area contributed by atoms with Gasteiger partial charge >= 0.3 is 0 Å². The Morgan fingerprint density at radius 1 is 1.05 bits per heavy atom. The molecule has 2 saturated heterocycles. The summed E-state index contributed by atoms with van der Waals surface area (Å²) in [6.45, 7) is 6.29. The number of amides is 2. The third-order valence-electron chi connectivity index (χ3n) is 6.05. The number of imidazole rings is 1. The summed E-state index contributed by atoms with van der Waals surface area (Å²) < 4.78 is 46.2. The molecule has 2 N–H and O–H groups in total. The number of sulfonamides is 1. The Balaban J connectivity index is 1.46. The molecule has 196 valence electrons. The SMILES string of the molecule is CC(C)S(=O)(=O)NC(=O)[C@H]1O[C@@H](n2cnc3c(NC(=O)c4ccccc4)ncnc32)[C@@H]2OC(C)(C)O[C@@H]21. The number of aromatic nitrogens is 4. The van der Waals surface area contributed by atoms with E-state index in [2.05, 4.69) is 25.0 Å². The Bertz CT molecular complexity index is 1460. The Kier molecular flexibility index (Phi) is 6.22. The van der Waals surface area contributed by atoms with Crippen LogP contribution in [0.4, 0.5) is 5.82 Å². The van der Waals surface area contributed by atoms with Crippen LogP contribution in [-0.4, -0.2) is 69.1 Å². The van der Waals surface area contributed by atoms with Crippen LogP contribution in [0.3, 0.4) is 0 Å². The number of rotatable bonds is 6. The Morgan fingerprint density at radius 2 is 1.76 bits per heavy atom. The molecule has 37 heavy (non-hydrogen) atoms. The summed E-state index contributed by atoms with van der Waals surface area (Å²) in [5, 5.41) is 1.92. The van der Waals surface area contributed by atoms with Crippen LogP contribution in [0.15, 0.2) is 43.0 Å². The van der Waals surface area contributed by atoms with Crippen molar-refractivity contribution in [1.29, 1.82) is 0 Å². The first-order valence-corrected chi connectivity index (χ1v) is 13.1. The lowest BCUT2D eigenvalue weighted by Crippen LogP contribution is -2.46. The van der Waals surface area contributed by atoms with Crippen molar-refractivity contribution in [2.24, 2.45) is 0 Å². The van der Waals surface area contributed by atoms with Gasteiger partial charge in [-0.2, -0.15) is 0 Å². The molecular weight excluding hydrogens is 504 g/mol. The van der Waals surface area contributed by atoms with E-state index in [0.717, 1.165) is 0 Å². The number of hydrogen-bond acceptors (Lipinski definition) is 10. The molecular formula is C23H26N6O7S. The number of ether oxygens (including phenoxy) is 3. The van der Waals surface area contributed by atoms with Crippen molar-refractivity contribution in [3.8, 4) is 0 Å². The second-order valence-electron chi connectivity index (χ2n) is 9.44. The summed E-state index contributed by atoms with van der Waals surface area (Å²) in [7, 11) is -3.89. The van der Waals surface area contributed by atoms with E-state index >= 15 is 0 Å². The smallest absolute Gasteiger partial charge is 0.265 e. The molecule has 2 amide bonds. The molecule has 0 unspecified atom stereocenters. The molecule has 14 heteroatoms. The summed E-state index contributed by atoms with van der Waals surface area (Å²) in [6, 6.07) is 8.64. The molecule has 13 nitrogen and oxygen atoms in total. The molecule has 2 fully saturated rings. The van der Waals surface area contributed by atoms with Crippen molar-refractivity contribution < 1.29 is 32.2 Å². The third-order valence-corrected chi connectivity index (χ3v) is 7.78. The summed E-state index contributed by atoms with van der Waals surface area (Å²) in [6.07, 6.45) is -1.17. The molecule has 1 aromatic carbocycles. The highest BCUT2D eigenvalue weighted by Crippen LogP contribution is 2.44. The molecule has 0 bridgehead atoms. The van der Waals surface area contributed by atoms with E-state index in [1.807, 2.05) is 0 Å². The van der Waals surface area contributed by atoms with Crippen molar-refractivity contribution in [2.45, 2.75) is 63.3 Å². The predicted octanol–water partition coefficient (Wildman–Crippen LogP) is 1.35. The fourth-order valence-corrected chi connectivity index (χ4v) is 4.86. The van der Waals surface area contributed by atoms with Gasteiger partial charge in [0.05, 0.1) is 11.6 Å². The second kappa shape index (κ2) is 9.13. The lowest BCUT2D eigenvalue weighted by atomic mass is 10.1. The standard InChI is InChI=1S/C23H26N6O7S/c1-12(2)37(32,33)28-21(31)16-15-17(36-23(3,4)35-15)22(34-16)29-11-26-14-18(24-10-25-19(14)29)27-20(30)13-8-6-5-7-9-13/h5-12,15-17,22H,1-4H3,(H,28,31)(H,24,25,27,30)/t15-,16+,17-,22-/m1/s1. The minimum absolute atomic E-state index is 0.188. The van der Waals surface area contributed by atoms with Crippen LogP contribution in [0.2, 0.25) is 0 Å². The van der Waals surface area contributed by atoms with Crippen LogP contribution in [0.5, 0.6) is 0 Å². The molecule has 4 heterocycles. The molecule has 5 rings (SSSR count). The van der Waals surface area contributed by atoms with Crippen LogP contribution in [-0.2, 0) is 29.0 Å². The fraction of sp³-hybridized carbons (Fsp3) is 0.435. The van der Waals surface area contributed by atoms with Gasteiger partial charge in [-0.25, -0.2) is 23.4 Å². The van der Waals surface area contributed by atoms with Crippen molar-refractivity contribution in [3.05, 3.63) is 48.5 Å². The quantitative estimate of drug-likeness (QED) is 0.475. The molecule has 2 aliphatic rings. The van der Waals surface area contributed by atoms with E-state index in [1.54, 1.807) is 48.7 Å². The molecule has 4 atom stereocenters. The molecule has 0 saturated carbocycles. The summed E-state index contributed by atoms with van der Waals surface area (Å²) >= 11 is 0. The van der Waals surface area contributed by atoms with Crippen molar-refractivity contribution in [2.75, 3.05) is 5.32 Å². The molecule has 0 spiro atoms. The van der Waals surface area contributed by atoms with Gasteiger partial charge in [0.25, 0.3) is 11.8 Å². The van der Waals surface area contributed by atoms with Crippen molar-refractivity contribution in [1.82, 2.24) is 24.2 Å². The first-order valence-electron chi connectivity index (χ1n) is 11.6. The first-order chi connectivity index (χ1) is 17.5. The monoisotopic (exact) mass is 530 g/mol. The van der Waals surface area contributed by atoms with E-state index in [9.17, 15) is 18.0 Å². The fourth-order valence-electron chi connectivity index (χ4n) is 4.23. The number of hydrogen-bond donors (Lipinski definition) is 2. The maximum atomic E-state index is 13.0. The van der Waals surface area contributed by atoms with Crippen LogP contribution < -0.4 is 10.0 Å². The number of carbonyl (C=O) groups is 2. The lowest BCUT2D eigenvalue weighted by molar-refractivity contribution is -0.197. The number of nitrogens with zero attached hydrogens (tertiary/aromatic N) is 4. The van der Waals surface area contributed by atoms with Crippen LogP contribution in [0.25, 0.3) is 11.2 Å².